The number of methoxy groups -OCH3 is 1. The molecule has 0 fully saturated rings. The van der Waals surface area contributed by atoms with Crippen LogP contribution in [0.2, 0.25) is 5.02 Å². The van der Waals surface area contributed by atoms with Crippen molar-refractivity contribution in [3.05, 3.63) is 34.9 Å². The summed E-state index contributed by atoms with van der Waals surface area (Å²) in [5.74, 6) is -0.253. The van der Waals surface area contributed by atoms with Gasteiger partial charge in [-0.25, -0.2) is 0 Å². The van der Waals surface area contributed by atoms with Crippen LogP contribution < -0.4 is 5.32 Å². The van der Waals surface area contributed by atoms with Crippen LogP contribution in [0.3, 0.4) is 0 Å². The molecule has 0 saturated heterocycles. The Kier molecular flexibility index (Phi) is 7.91. The predicted octanol–water partition coefficient (Wildman–Crippen LogP) is 2.23. The van der Waals surface area contributed by atoms with Crippen LogP contribution in [0.5, 0.6) is 0 Å². The third-order valence-electron chi connectivity index (χ3n) is 3.34. The molecule has 1 aromatic rings. The first-order chi connectivity index (χ1) is 10.5. The second-order valence-corrected chi connectivity index (χ2v) is 5.40. The summed E-state index contributed by atoms with van der Waals surface area (Å²) >= 11 is 5.87. The second kappa shape index (κ2) is 9.43. The Morgan fingerprint density at radius 2 is 1.95 bits per heavy atom. The van der Waals surface area contributed by atoms with E-state index < -0.39 is 6.04 Å². The van der Waals surface area contributed by atoms with Gasteiger partial charge in [0, 0.05) is 31.6 Å². The zero-order valence-corrected chi connectivity index (χ0v) is 14.0. The fourth-order valence-electron chi connectivity index (χ4n) is 2.00. The number of nitrogens with zero attached hydrogens (tertiary/aromatic N) is 1. The standard InChI is InChI=1S/C16H23ClN2O3/c1-4-15(20)19(11-13-5-7-14(17)8-6-13)12(2)16(21)18-9-10-22-3/h5-8,12H,4,9-11H2,1-3H3,(H,18,21)/t12-/m1/s1. The lowest BCUT2D eigenvalue weighted by atomic mass is 10.1. The monoisotopic (exact) mass is 326 g/mol. The Hall–Kier alpha value is -1.59. The van der Waals surface area contributed by atoms with Gasteiger partial charge in [-0.2, -0.15) is 0 Å². The van der Waals surface area contributed by atoms with Gasteiger partial charge < -0.3 is 15.0 Å². The fraction of sp³-hybridized carbons (Fsp3) is 0.500. The maximum Gasteiger partial charge on any atom is 0.242 e. The first kappa shape index (κ1) is 18.5. The molecule has 0 saturated carbocycles. The number of ether oxygens (including phenoxy) is 1. The van der Waals surface area contributed by atoms with Crippen molar-refractivity contribution in [2.75, 3.05) is 20.3 Å². The van der Waals surface area contributed by atoms with Crippen molar-refractivity contribution in [3.63, 3.8) is 0 Å². The summed E-state index contributed by atoms with van der Waals surface area (Å²) in [5.41, 5.74) is 0.933. The minimum atomic E-state index is -0.542. The van der Waals surface area contributed by atoms with E-state index >= 15 is 0 Å². The van der Waals surface area contributed by atoms with Crippen molar-refractivity contribution in [2.24, 2.45) is 0 Å². The highest BCUT2D eigenvalue weighted by Crippen LogP contribution is 2.14. The summed E-state index contributed by atoms with van der Waals surface area (Å²) in [4.78, 5) is 25.9. The zero-order valence-electron chi connectivity index (χ0n) is 13.3. The van der Waals surface area contributed by atoms with Crippen LogP contribution in [0.25, 0.3) is 0 Å². The van der Waals surface area contributed by atoms with Gasteiger partial charge in [0.25, 0.3) is 0 Å². The molecule has 1 atom stereocenters. The Morgan fingerprint density at radius 3 is 2.50 bits per heavy atom. The number of carbonyl (C=O) groups excluding carboxylic acids is 2. The Morgan fingerprint density at radius 1 is 1.32 bits per heavy atom. The molecule has 0 bridgehead atoms. The van der Waals surface area contributed by atoms with Gasteiger partial charge >= 0.3 is 0 Å². The normalized spacial score (nSPS) is 11.8. The average Bonchev–Trinajstić information content (AvgIpc) is 2.53. The van der Waals surface area contributed by atoms with E-state index in [4.69, 9.17) is 16.3 Å². The topological polar surface area (TPSA) is 58.6 Å². The minimum absolute atomic E-state index is 0.0654. The largest absolute Gasteiger partial charge is 0.383 e. The van der Waals surface area contributed by atoms with Gasteiger partial charge in [-0.3, -0.25) is 9.59 Å². The van der Waals surface area contributed by atoms with Gasteiger partial charge in [0.15, 0.2) is 0 Å². The number of benzene rings is 1. The highest BCUT2D eigenvalue weighted by Gasteiger charge is 2.24. The molecular formula is C16H23ClN2O3. The molecule has 5 nitrogen and oxygen atoms in total. The lowest BCUT2D eigenvalue weighted by Crippen LogP contribution is -2.48. The van der Waals surface area contributed by atoms with Crippen LogP contribution in [0.15, 0.2) is 24.3 Å². The fourth-order valence-corrected chi connectivity index (χ4v) is 2.12. The molecular weight excluding hydrogens is 304 g/mol. The Labute approximate surface area is 136 Å². The number of hydrogen-bond acceptors (Lipinski definition) is 3. The average molecular weight is 327 g/mol. The smallest absolute Gasteiger partial charge is 0.242 e. The highest BCUT2D eigenvalue weighted by molar-refractivity contribution is 6.30. The van der Waals surface area contributed by atoms with E-state index in [1.165, 1.54) is 0 Å². The molecule has 1 N–H and O–H groups in total. The molecule has 0 unspecified atom stereocenters. The van der Waals surface area contributed by atoms with E-state index in [2.05, 4.69) is 5.32 Å². The van der Waals surface area contributed by atoms with Gasteiger partial charge in [-0.05, 0) is 24.6 Å². The number of halogens is 1. The Balaban J connectivity index is 2.76. The summed E-state index contributed by atoms with van der Waals surface area (Å²) < 4.78 is 4.90. The summed E-state index contributed by atoms with van der Waals surface area (Å²) in [6, 6.07) is 6.71. The van der Waals surface area contributed by atoms with Crippen molar-refractivity contribution < 1.29 is 14.3 Å². The van der Waals surface area contributed by atoms with Gasteiger partial charge in [-0.1, -0.05) is 30.7 Å². The molecule has 0 aromatic heterocycles. The number of amides is 2. The van der Waals surface area contributed by atoms with E-state index in [-0.39, 0.29) is 11.8 Å². The van der Waals surface area contributed by atoms with E-state index in [0.29, 0.717) is 31.1 Å². The maximum absolute atomic E-state index is 12.2. The second-order valence-electron chi connectivity index (χ2n) is 4.96. The zero-order chi connectivity index (χ0) is 16.5. The van der Waals surface area contributed by atoms with Gasteiger partial charge in [0.05, 0.1) is 6.61 Å². The minimum Gasteiger partial charge on any atom is -0.383 e. The van der Waals surface area contributed by atoms with Gasteiger partial charge in [-0.15, -0.1) is 0 Å². The molecule has 0 aliphatic carbocycles. The molecule has 0 spiro atoms. The number of nitrogens with one attached hydrogen (secondary N) is 1. The molecule has 1 rings (SSSR count). The SMILES string of the molecule is CCC(=O)N(Cc1ccc(Cl)cc1)[C@H](C)C(=O)NCCOC. The van der Waals surface area contributed by atoms with Crippen molar-refractivity contribution in [3.8, 4) is 0 Å². The van der Waals surface area contributed by atoms with E-state index in [1.54, 1.807) is 38.0 Å². The summed E-state index contributed by atoms with van der Waals surface area (Å²) in [6.45, 7) is 4.76. The molecule has 2 amide bonds. The molecule has 0 aliphatic rings. The quantitative estimate of drug-likeness (QED) is 0.745. The van der Waals surface area contributed by atoms with Crippen LogP contribution in [0, 0.1) is 0 Å². The van der Waals surface area contributed by atoms with E-state index in [1.807, 2.05) is 12.1 Å². The van der Waals surface area contributed by atoms with E-state index in [0.717, 1.165) is 5.56 Å². The summed E-state index contributed by atoms with van der Waals surface area (Å²) in [6.07, 6.45) is 0.350. The number of rotatable bonds is 8. The third kappa shape index (κ3) is 5.66. The first-order valence-corrected chi connectivity index (χ1v) is 7.68. The summed E-state index contributed by atoms with van der Waals surface area (Å²) in [7, 11) is 1.57. The van der Waals surface area contributed by atoms with Gasteiger partial charge in [0.2, 0.25) is 11.8 Å². The van der Waals surface area contributed by atoms with E-state index in [9.17, 15) is 9.59 Å². The van der Waals surface area contributed by atoms with Crippen molar-refractivity contribution in [1.29, 1.82) is 0 Å². The molecule has 0 aliphatic heterocycles. The number of carbonyl (C=O) groups is 2. The number of hydrogen-bond donors (Lipinski definition) is 1. The van der Waals surface area contributed by atoms with Crippen LogP contribution in [0.1, 0.15) is 25.8 Å². The molecule has 0 radical (unpaired) electrons. The molecule has 0 heterocycles. The van der Waals surface area contributed by atoms with Crippen LogP contribution in [-0.2, 0) is 20.9 Å². The van der Waals surface area contributed by atoms with Crippen LogP contribution >= 0.6 is 11.6 Å². The predicted molar refractivity (Wildman–Crippen MR) is 86.6 cm³/mol. The summed E-state index contributed by atoms with van der Waals surface area (Å²) in [5, 5.41) is 3.40. The molecule has 1 aromatic carbocycles. The molecule has 122 valence electrons. The molecule has 6 heteroatoms. The molecule has 22 heavy (non-hydrogen) atoms. The van der Waals surface area contributed by atoms with Crippen LogP contribution in [0.4, 0.5) is 0 Å². The first-order valence-electron chi connectivity index (χ1n) is 7.30. The van der Waals surface area contributed by atoms with Crippen molar-refractivity contribution >= 4 is 23.4 Å². The lowest BCUT2D eigenvalue weighted by Gasteiger charge is -2.28. The lowest BCUT2D eigenvalue weighted by molar-refractivity contribution is -0.140. The highest BCUT2D eigenvalue weighted by atomic mass is 35.5. The van der Waals surface area contributed by atoms with Crippen molar-refractivity contribution in [2.45, 2.75) is 32.9 Å². The van der Waals surface area contributed by atoms with Crippen LogP contribution in [-0.4, -0.2) is 43.0 Å². The maximum atomic E-state index is 12.2. The van der Waals surface area contributed by atoms with Crippen molar-refractivity contribution in [1.82, 2.24) is 10.2 Å². The Bertz CT molecular complexity index is 491. The third-order valence-corrected chi connectivity index (χ3v) is 3.59. The van der Waals surface area contributed by atoms with Gasteiger partial charge in [0.1, 0.15) is 6.04 Å².